The largest absolute Gasteiger partial charge is 0.378 e. The molecule has 2 rings (SSSR count). The minimum Gasteiger partial charge on any atom is -0.378 e. The van der Waals surface area contributed by atoms with Gasteiger partial charge in [0.05, 0.1) is 28.6 Å². The van der Waals surface area contributed by atoms with Crippen molar-refractivity contribution in [2.45, 2.75) is 20.4 Å². The van der Waals surface area contributed by atoms with E-state index >= 15 is 0 Å². The molecule has 0 radical (unpaired) electrons. The van der Waals surface area contributed by atoms with E-state index < -0.39 is 0 Å². The number of nitrogens with zero attached hydrogens (tertiary/aromatic N) is 2. The molecule has 18 heavy (non-hydrogen) atoms. The number of nitrogens with one attached hydrogen (secondary N) is 1. The average Bonchev–Trinajstić information content (AvgIpc) is 2.65. The molecule has 0 spiro atoms. The van der Waals surface area contributed by atoms with Crippen molar-refractivity contribution in [3.05, 3.63) is 39.8 Å². The van der Waals surface area contributed by atoms with Crippen LogP contribution in [-0.4, -0.2) is 19.1 Å². The molecule has 4 heteroatoms. The predicted octanol–water partition coefficient (Wildman–Crippen LogP) is 3.44. The molecule has 0 fully saturated rings. The summed E-state index contributed by atoms with van der Waals surface area (Å²) < 4.78 is 0. The summed E-state index contributed by atoms with van der Waals surface area (Å²) in [6, 6.07) is 8.34. The van der Waals surface area contributed by atoms with Crippen molar-refractivity contribution in [1.82, 2.24) is 4.98 Å². The Hall–Kier alpha value is -1.55. The smallest absolute Gasteiger partial charge is 0.0900 e. The minimum atomic E-state index is 0.836. The van der Waals surface area contributed by atoms with Crippen LogP contribution in [0.15, 0.2) is 24.3 Å². The first-order valence-electron chi connectivity index (χ1n) is 6.01. The van der Waals surface area contributed by atoms with E-state index in [1.807, 2.05) is 0 Å². The van der Waals surface area contributed by atoms with Crippen LogP contribution in [0.1, 0.15) is 15.6 Å². The fourth-order valence-corrected chi connectivity index (χ4v) is 2.80. The van der Waals surface area contributed by atoms with Crippen LogP contribution in [0.2, 0.25) is 0 Å². The Bertz CT molecular complexity index is 532. The lowest BCUT2D eigenvalue weighted by atomic mass is 10.2. The van der Waals surface area contributed by atoms with Crippen molar-refractivity contribution < 1.29 is 0 Å². The predicted molar refractivity (Wildman–Crippen MR) is 79.7 cm³/mol. The highest BCUT2D eigenvalue weighted by Crippen LogP contribution is 2.25. The second kappa shape index (κ2) is 5.40. The number of benzene rings is 1. The van der Waals surface area contributed by atoms with Crippen LogP contribution in [0.3, 0.4) is 0 Å². The van der Waals surface area contributed by atoms with E-state index in [-0.39, 0.29) is 0 Å². The van der Waals surface area contributed by atoms with Gasteiger partial charge in [0.1, 0.15) is 0 Å². The lowest BCUT2D eigenvalue weighted by molar-refractivity contribution is 1.09. The van der Waals surface area contributed by atoms with Gasteiger partial charge in [-0.3, -0.25) is 0 Å². The normalized spacial score (nSPS) is 10.4. The molecule has 1 heterocycles. The topological polar surface area (TPSA) is 28.2 Å². The third-order valence-electron chi connectivity index (χ3n) is 2.82. The molecular weight excluding hydrogens is 242 g/mol. The van der Waals surface area contributed by atoms with Crippen LogP contribution in [0.5, 0.6) is 0 Å². The summed E-state index contributed by atoms with van der Waals surface area (Å²) >= 11 is 1.76. The first-order valence-corrected chi connectivity index (χ1v) is 6.82. The third-order valence-corrected chi connectivity index (χ3v) is 3.90. The van der Waals surface area contributed by atoms with Crippen LogP contribution in [0.4, 0.5) is 11.4 Å². The molecular formula is C14H19N3S. The molecule has 0 bridgehead atoms. The Kier molecular flexibility index (Phi) is 3.87. The number of anilines is 2. The zero-order valence-corrected chi connectivity index (χ0v) is 12.1. The van der Waals surface area contributed by atoms with Crippen molar-refractivity contribution in [3.63, 3.8) is 0 Å². The summed E-state index contributed by atoms with van der Waals surface area (Å²) in [6.45, 7) is 4.95. The second-order valence-corrected chi connectivity index (χ2v) is 5.79. The molecule has 2 aromatic rings. The molecule has 0 amide bonds. The number of thiazole rings is 1. The van der Waals surface area contributed by atoms with E-state index in [1.54, 1.807) is 11.3 Å². The van der Waals surface area contributed by atoms with E-state index in [0.29, 0.717) is 0 Å². The summed E-state index contributed by atoms with van der Waals surface area (Å²) in [6.07, 6.45) is 0. The van der Waals surface area contributed by atoms with Crippen molar-refractivity contribution >= 4 is 22.7 Å². The SMILES string of the molecule is Cc1nc(C)c(CNc2ccccc2N(C)C)s1. The van der Waals surface area contributed by atoms with Gasteiger partial charge in [0.2, 0.25) is 0 Å². The van der Waals surface area contributed by atoms with Gasteiger partial charge in [0, 0.05) is 19.0 Å². The molecule has 0 aliphatic heterocycles. The maximum Gasteiger partial charge on any atom is 0.0900 e. The number of aryl methyl sites for hydroxylation is 2. The third kappa shape index (κ3) is 2.82. The maximum atomic E-state index is 4.45. The zero-order valence-electron chi connectivity index (χ0n) is 11.3. The first kappa shape index (κ1) is 12.9. The molecule has 1 aromatic heterocycles. The molecule has 0 aliphatic rings. The lowest BCUT2D eigenvalue weighted by Crippen LogP contribution is -2.12. The molecule has 0 aliphatic carbocycles. The van der Waals surface area contributed by atoms with Gasteiger partial charge < -0.3 is 10.2 Å². The highest BCUT2D eigenvalue weighted by molar-refractivity contribution is 7.11. The maximum absolute atomic E-state index is 4.45. The second-order valence-electron chi connectivity index (χ2n) is 4.51. The van der Waals surface area contributed by atoms with Crippen LogP contribution in [0.25, 0.3) is 0 Å². The van der Waals surface area contributed by atoms with E-state index in [9.17, 15) is 0 Å². The Morgan fingerprint density at radius 3 is 2.56 bits per heavy atom. The number of rotatable bonds is 4. The van der Waals surface area contributed by atoms with Gasteiger partial charge in [-0.1, -0.05) is 12.1 Å². The monoisotopic (exact) mass is 261 g/mol. The minimum absolute atomic E-state index is 0.836. The fraction of sp³-hybridized carbons (Fsp3) is 0.357. The molecule has 0 saturated heterocycles. The van der Waals surface area contributed by atoms with Gasteiger partial charge in [-0.2, -0.15) is 0 Å². The Morgan fingerprint density at radius 1 is 1.22 bits per heavy atom. The van der Waals surface area contributed by atoms with Crippen molar-refractivity contribution in [2.24, 2.45) is 0 Å². The zero-order chi connectivity index (χ0) is 13.1. The molecule has 0 atom stereocenters. The first-order chi connectivity index (χ1) is 8.58. The number of hydrogen-bond donors (Lipinski definition) is 1. The Balaban J connectivity index is 2.13. The molecule has 0 unspecified atom stereocenters. The van der Waals surface area contributed by atoms with Gasteiger partial charge >= 0.3 is 0 Å². The van der Waals surface area contributed by atoms with Gasteiger partial charge in [-0.15, -0.1) is 11.3 Å². The molecule has 0 saturated carbocycles. The summed E-state index contributed by atoms with van der Waals surface area (Å²) in [4.78, 5) is 7.87. The van der Waals surface area contributed by atoms with Crippen LogP contribution < -0.4 is 10.2 Å². The van der Waals surface area contributed by atoms with E-state index in [4.69, 9.17) is 0 Å². The van der Waals surface area contributed by atoms with Gasteiger partial charge in [0.25, 0.3) is 0 Å². The Labute approximate surface area is 112 Å². The van der Waals surface area contributed by atoms with Crippen LogP contribution in [-0.2, 0) is 6.54 Å². The molecule has 3 nitrogen and oxygen atoms in total. The summed E-state index contributed by atoms with van der Waals surface area (Å²) in [5.41, 5.74) is 3.50. The highest BCUT2D eigenvalue weighted by atomic mass is 32.1. The molecule has 1 N–H and O–H groups in total. The standard InChI is InChI=1S/C14H19N3S/c1-10-14(18-11(2)16-10)9-15-12-7-5-6-8-13(12)17(3)4/h5-8,15H,9H2,1-4H3. The van der Waals surface area contributed by atoms with Crippen molar-refractivity contribution in [2.75, 3.05) is 24.3 Å². The van der Waals surface area contributed by atoms with Crippen molar-refractivity contribution in [1.29, 1.82) is 0 Å². The molecule has 1 aromatic carbocycles. The molecule has 96 valence electrons. The van der Waals surface area contributed by atoms with E-state index in [0.717, 1.165) is 22.9 Å². The van der Waals surface area contributed by atoms with Gasteiger partial charge in [-0.05, 0) is 26.0 Å². The number of aromatic nitrogens is 1. The lowest BCUT2D eigenvalue weighted by Gasteiger charge is -2.18. The summed E-state index contributed by atoms with van der Waals surface area (Å²) in [5.74, 6) is 0. The van der Waals surface area contributed by atoms with Gasteiger partial charge in [-0.25, -0.2) is 4.98 Å². The number of para-hydroxylation sites is 2. The van der Waals surface area contributed by atoms with E-state index in [1.165, 1.54) is 10.6 Å². The van der Waals surface area contributed by atoms with E-state index in [2.05, 4.69) is 67.4 Å². The summed E-state index contributed by atoms with van der Waals surface area (Å²) in [5, 5.41) is 4.62. The average molecular weight is 261 g/mol. The number of hydrogen-bond acceptors (Lipinski definition) is 4. The van der Waals surface area contributed by atoms with Gasteiger partial charge in [0.15, 0.2) is 0 Å². The van der Waals surface area contributed by atoms with Crippen molar-refractivity contribution in [3.8, 4) is 0 Å². The highest BCUT2D eigenvalue weighted by Gasteiger charge is 2.07. The summed E-state index contributed by atoms with van der Waals surface area (Å²) in [7, 11) is 4.12. The fourth-order valence-electron chi connectivity index (χ4n) is 1.93. The van der Waals surface area contributed by atoms with Crippen LogP contribution in [0, 0.1) is 13.8 Å². The Morgan fingerprint density at radius 2 is 1.94 bits per heavy atom. The quantitative estimate of drug-likeness (QED) is 0.914. The van der Waals surface area contributed by atoms with Crippen LogP contribution >= 0.6 is 11.3 Å².